The molecule has 0 spiro atoms. The second kappa shape index (κ2) is 5.30. The molecule has 7 N–H and O–H groups in total. The van der Waals surface area contributed by atoms with Crippen molar-refractivity contribution in [2.24, 2.45) is 10.9 Å². The molecule has 0 atom stereocenters. The maximum atomic E-state index is 5.75. The molecule has 0 radical (unpaired) electrons. The van der Waals surface area contributed by atoms with Crippen LogP contribution >= 0.6 is 0 Å². The van der Waals surface area contributed by atoms with E-state index in [0.717, 1.165) is 11.3 Å². The van der Waals surface area contributed by atoms with E-state index >= 15 is 0 Å². The van der Waals surface area contributed by atoms with Gasteiger partial charge in [-0.15, -0.1) is 0 Å². The van der Waals surface area contributed by atoms with Gasteiger partial charge < -0.3 is 22.0 Å². The molecule has 1 heterocycles. The summed E-state index contributed by atoms with van der Waals surface area (Å²) >= 11 is 0. The molecule has 2 aromatic rings. The number of nitrogens with one attached hydrogen (secondary N) is 1. The number of rotatable bonds is 4. The SMILES string of the molecule is COc1ccc(/C(Cc2c(N)n[nH]c2N)=N\N)cc1. The normalized spacial score (nSPS) is 11.5. The predicted octanol–water partition coefficient (Wildman–Crippen LogP) is 0.488. The monoisotopic (exact) mass is 260 g/mol. The number of H-pyrrole nitrogens is 1. The number of methoxy groups -OCH3 is 1. The van der Waals surface area contributed by atoms with Crippen molar-refractivity contribution in [1.29, 1.82) is 0 Å². The topological polar surface area (TPSA) is 128 Å². The van der Waals surface area contributed by atoms with Gasteiger partial charge in [0.05, 0.1) is 12.8 Å². The Morgan fingerprint density at radius 2 is 2.00 bits per heavy atom. The molecule has 0 saturated heterocycles. The lowest BCUT2D eigenvalue weighted by Crippen LogP contribution is -2.10. The summed E-state index contributed by atoms with van der Waals surface area (Å²) < 4.78 is 5.10. The van der Waals surface area contributed by atoms with Gasteiger partial charge in [0.1, 0.15) is 11.6 Å². The standard InChI is InChI=1S/C12H16N6O/c1-19-8-4-2-7(3-5-8)10(16-15)6-9-11(13)17-18-12(9)14/h2-5H,6,15H2,1H3,(H5,13,14,17,18)/b16-10-. The quantitative estimate of drug-likeness (QED) is 0.361. The van der Waals surface area contributed by atoms with Crippen molar-refractivity contribution in [3.8, 4) is 5.75 Å². The van der Waals surface area contributed by atoms with Gasteiger partial charge in [-0.05, 0) is 29.8 Å². The molecule has 0 aliphatic rings. The largest absolute Gasteiger partial charge is 0.497 e. The summed E-state index contributed by atoms with van der Waals surface area (Å²) in [4.78, 5) is 0. The molecule has 19 heavy (non-hydrogen) atoms. The lowest BCUT2D eigenvalue weighted by atomic mass is 10.0. The molecule has 0 saturated carbocycles. The minimum Gasteiger partial charge on any atom is -0.497 e. The third kappa shape index (κ3) is 2.59. The number of aromatic nitrogens is 2. The second-order valence-electron chi connectivity index (χ2n) is 3.98. The Kier molecular flexibility index (Phi) is 3.56. The van der Waals surface area contributed by atoms with E-state index in [2.05, 4.69) is 15.3 Å². The lowest BCUT2D eigenvalue weighted by Gasteiger charge is -2.07. The van der Waals surface area contributed by atoms with Crippen LogP contribution in [0, 0.1) is 0 Å². The van der Waals surface area contributed by atoms with Gasteiger partial charge in [0, 0.05) is 12.0 Å². The number of ether oxygens (including phenoxy) is 1. The van der Waals surface area contributed by atoms with Gasteiger partial charge in [-0.25, -0.2) is 0 Å². The van der Waals surface area contributed by atoms with Crippen LogP contribution in [0.5, 0.6) is 5.75 Å². The molecular formula is C12H16N6O. The van der Waals surface area contributed by atoms with Crippen LogP contribution in [0.1, 0.15) is 11.1 Å². The van der Waals surface area contributed by atoms with Crippen LogP contribution in [-0.2, 0) is 6.42 Å². The van der Waals surface area contributed by atoms with E-state index in [4.69, 9.17) is 22.0 Å². The molecule has 0 bridgehead atoms. The highest BCUT2D eigenvalue weighted by Crippen LogP contribution is 2.19. The van der Waals surface area contributed by atoms with E-state index in [-0.39, 0.29) is 0 Å². The van der Waals surface area contributed by atoms with Crippen LogP contribution < -0.4 is 22.0 Å². The molecule has 1 aromatic heterocycles. The Balaban J connectivity index is 2.26. The van der Waals surface area contributed by atoms with Crippen LogP contribution in [0.15, 0.2) is 29.4 Å². The van der Waals surface area contributed by atoms with Crippen LogP contribution in [-0.4, -0.2) is 23.0 Å². The van der Waals surface area contributed by atoms with E-state index in [0.29, 0.717) is 29.3 Å². The van der Waals surface area contributed by atoms with Crippen molar-refractivity contribution in [2.45, 2.75) is 6.42 Å². The number of nitrogens with zero attached hydrogens (tertiary/aromatic N) is 2. The molecule has 0 aliphatic carbocycles. The minimum absolute atomic E-state index is 0.354. The van der Waals surface area contributed by atoms with Crippen molar-refractivity contribution in [1.82, 2.24) is 10.2 Å². The molecule has 1 aromatic carbocycles. The van der Waals surface area contributed by atoms with Gasteiger partial charge in [0.2, 0.25) is 0 Å². The molecule has 0 fully saturated rings. The highest BCUT2D eigenvalue weighted by Gasteiger charge is 2.13. The highest BCUT2D eigenvalue weighted by atomic mass is 16.5. The predicted molar refractivity (Wildman–Crippen MR) is 74.8 cm³/mol. The summed E-state index contributed by atoms with van der Waals surface area (Å²) in [5.74, 6) is 6.98. The first-order chi connectivity index (χ1) is 9.15. The summed E-state index contributed by atoms with van der Waals surface area (Å²) in [5, 5.41) is 10.3. The Labute approximate surface area is 110 Å². The average Bonchev–Trinajstić information content (AvgIpc) is 2.76. The Hall–Kier alpha value is -2.70. The second-order valence-corrected chi connectivity index (χ2v) is 3.98. The number of hydrazone groups is 1. The first-order valence-corrected chi connectivity index (χ1v) is 5.65. The zero-order chi connectivity index (χ0) is 13.8. The third-order valence-electron chi connectivity index (χ3n) is 2.85. The summed E-state index contributed by atoms with van der Waals surface area (Å²) in [7, 11) is 1.61. The zero-order valence-electron chi connectivity index (χ0n) is 10.6. The van der Waals surface area contributed by atoms with Crippen molar-refractivity contribution < 1.29 is 4.74 Å². The number of hydrogen-bond acceptors (Lipinski definition) is 6. The molecule has 7 nitrogen and oxygen atoms in total. The van der Waals surface area contributed by atoms with Crippen molar-refractivity contribution >= 4 is 17.3 Å². The maximum absolute atomic E-state index is 5.75. The Morgan fingerprint density at radius 3 is 2.47 bits per heavy atom. The van der Waals surface area contributed by atoms with Gasteiger partial charge in [0.15, 0.2) is 5.82 Å². The fourth-order valence-corrected chi connectivity index (χ4v) is 1.75. The number of anilines is 2. The summed E-state index contributed by atoms with van der Waals surface area (Å²) in [6.45, 7) is 0. The van der Waals surface area contributed by atoms with E-state index in [1.807, 2.05) is 24.3 Å². The molecule has 100 valence electrons. The van der Waals surface area contributed by atoms with Crippen LogP contribution in [0.3, 0.4) is 0 Å². The maximum Gasteiger partial charge on any atom is 0.151 e. The van der Waals surface area contributed by atoms with E-state index in [1.165, 1.54) is 0 Å². The van der Waals surface area contributed by atoms with Gasteiger partial charge in [-0.3, -0.25) is 5.10 Å². The Bertz CT molecular complexity index is 567. The van der Waals surface area contributed by atoms with Gasteiger partial charge in [-0.2, -0.15) is 10.2 Å². The fraction of sp³-hybridized carbons (Fsp3) is 0.167. The van der Waals surface area contributed by atoms with Crippen molar-refractivity contribution in [2.75, 3.05) is 18.6 Å². The van der Waals surface area contributed by atoms with Crippen LogP contribution in [0.25, 0.3) is 0 Å². The minimum atomic E-state index is 0.354. The van der Waals surface area contributed by atoms with Crippen molar-refractivity contribution in [3.63, 3.8) is 0 Å². The third-order valence-corrected chi connectivity index (χ3v) is 2.85. The first-order valence-electron chi connectivity index (χ1n) is 5.65. The molecular weight excluding hydrogens is 244 g/mol. The van der Waals surface area contributed by atoms with E-state index in [1.54, 1.807) is 7.11 Å². The van der Waals surface area contributed by atoms with Gasteiger partial charge in [-0.1, -0.05) is 0 Å². The summed E-state index contributed by atoms with van der Waals surface area (Å²) in [6, 6.07) is 7.42. The van der Waals surface area contributed by atoms with Gasteiger partial charge >= 0.3 is 0 Å². The zero-order valence-corrected chi connectivity index (χ0v) is 10.6. The van der Waals surface area contributed by atoms with E-state index < -0.39 is 0 Å². The number of nitrogens with two attached hydrogens (primary N) is 3. The van der Waals surface area contributed by atoms with Gasteiger partial charge in [0.25, 0.3) is 0 Å². The Morgan fingerprint density at radius 1 is 1.32 bits per heavy atom. The molecule has 0 unspecified atom stereocenters. The lowest BCUT2D eigenvalue weighted by molar-refractivity contribution is 0.415. The summed E-state index contributed by atoms with van der Waals surface area (Å²) in [5.41, 5.74) is 13.7. The molecule has 0 amide bonds. The number of nitrogen functional groups attached to an aromatic ring is 2. The number of aromatic amines is 1. The highest BCUT2D eigenvalue weighted by molar-refractivity contribution is 6.02. The fourth-order valence-electron chi connectivity index (χ4n) is 1.75. The molecule has 2 rings (SSSR count). The average molecular weight is 260 g/mol. The molecule has 7 heteroatoms. The van der Waals surface area contributed by atoms with Crippen molar-refractivity contribution in [3.05, 3.63) is 35.4 Å². The number of hydrogen-bond donors (Lipinski definition) is 4. The first kappa shape index (κ1) is 12.7. The van der Waals surface area contributed by atoms with Crippen LogP contribution in [0.2, 0.25) is 0 Å². The van der Waals surface area contributed by atoms with Crippen LogP contribution in [0.4, 0.5) is 11.6 Å². The number of benzene rings is 1. The smallest absolute Gasteiger partial charge is 0.151 e. The molecule has 0 aliphatic heterocycles. The van der Waals surface area contributed by atoms with E-state index in [9.17, 15) is 0 Å². The summed E-state index contributed by atoms with van der Waals surface area (Å²) in [6.07, 6.45) is 0.414.